The van der Waals surface area contributed by atoms with Gasteiger partial charge in [0.05, 0.1) is 7.11 Å². The fourth-order valence-corrected chi connectivity index (χ4v) is 2.26. The standard InChI is InChI=1S/C14H22N2O/c1-10(2)11-4-5-14(17-3)12(8-11)13-9-15-6-7-16-13/h4-5,8,10,13,15-16H,6-7,9H2,1-3H3. The maximum absolute atomic E-state index is 5.47. The van der Waals surface area contributed by atoms with E-state index in [4.69, 9.17) is 4.74 Å². The number of methoxy groups -OCH3 is 1. The van der Waals surface area contributed by atoms with Crippen molar-refractivity contribution in [1.82, 2.24) is 10.6 Å². The average Bonchev–Trinajstić information content (AvgIpc) is 2.39. The molecule has 1 saturated heterocycles. The lowest BCUT2D eigenvalue weighted by Gasteiger charge is -2.27. The van der Waals surface area contributed by atoms with E-state index >= 15 is 0 Å². The van der Waals surface area contributed by atoms with Crippen molar-refractivity contribution in [2.75, 3.05) is 26.7 Å². The average molecular weight is 234 g/mol. The zero-order valence-electron chi connectivity index (χ0n) is 10.9. The predicted octanol–water partition coefficient (Wildman–Crippen LogP) is 2.05. The number of hydrogen-bond acceptors (Lipinski definition) is 3. The monoisotopic (exact) mass is 234 g/mol. The lowest BCUT2D eigenvalue weighted by molar-refractivity contribution is 0.381. The fourth-order valence-electron chi connectivity index (χ4n) is 2.26. The van der Waals surface area contributed by atoms with Crippen LogP contribution < -0.4 is 15.4 Å². The van der Waals surface area contributed by atoms with Crippen molar-refractivity contribution in [2.24, 2.45) is 0 Å². The van der Waals surface area contributed by atoms with E-state index in [0.717, 1.165) is 25.4 Å². The molecule has 0 saturated carbocycles. The lowest BCUT2D eigenvalue weighted by Crippen LogP contribution is -2.42. The zero-order chi connectivity index (χ0) is 12.3. The molecule has 1 unspecified atom stereocenters. The van der Waals surface area contributed by atoms with Crippen LogP contribution >= 0.6 is 0 Å². The molecule has 0 spiro atoms. The van der Waals surface area contributed by atoms with Gasteiger partial charge in [-0.05, 0) is 17.5 Å². The fraction of sp³-hybridized carbons (Fsp3) is 0.571. The van der Waals surface area contributed by atoms with Crippen LogP contribution in [-0.4, -0.2) is 26.7 Å². The first-order valence-electron chi connectivity index (χ1n) is 6.34. The van der Waals surface area contributed by atoms with E-state index in [9.17, 15) is 0 Å². The molecular weight excluding hydrogens is 212 g/mol. The van der Waals surface area contributed by atoms with Crippen LogP contribution in [0.3, 0.4) is 0 Å². The van der Waals surface area contributed by atoms with Gasteiger partial charge in [-0.2, -0.15) is 0 Å². The van der Waals surface area contributed by atoms with E-state index in [-0.39, 0.29) is 0 Å². The van der Waals surface area contributed by atoms with Gasteiger partial charge < -0.3 is 15.4 Å². The highest BCUT2D eigenvalue weighted by atomic mass is 16.5. The first-order chi connectivity index (χ1) is 8.22. The molecule has 1 aliphatic rings. The molecule has 94 valence electrons. The van der Waals surface area contributed by atoms with E-state index in [1.165, 1.54) is 11.1 Å². The van der Waals surface area contributed by atoms with E-state index in [0.29, 0.717) is 12.0 Å². The van der Waals surface area contributed by atoms with Crippen LogP contribution in [0.15, 0.2) is 18.2 Å². The van der Waals surface area contributed by atoms with Gasteiger partial charge in [0, 0.05) is 31.2 Å². The summed E-state index contributed by atoms with van der Waals surface area (Å²) in [5.74, 6) is 1.53. The Labute approximate surface area is 104 Å². The Kier molecular flexibility index (Phi) is 4.02. The third kappa shape index (κ3) is 2.79. The second-order valence-corrected chi connectivity index (χ2v) is 4.87. The summed E-state index contributed by atoms with van der Waals surface area (Å²) in [6, 6.07) is 6.87. The van der Waals surface area contributed by atoms with Crippen molar-refractivity contribution in [2.45, 2.75) is 25.8 Å². The first kappa shape index (κ1) is 12.4. The Bertz CT molecular complexity index is 370. The van der Waals surface area contributed by atoms with Gasteiger partial charge in [0.25, 0.3) is 0 Å². The van der Waals surface area contributed by atoms with Gasteiger partial charge in [-0.3, -0.25) is 0 Å². The van der Waals surface area contributed by atoms with Gasteiger partial charge in [0.15, 0.2) is 0 Å². The summed E-state index contributed by atoms with van der Waals surface area (Å²) in [7, 11) is 1.74. The molecule has 3 heteroatoms. The molecule has 1 aliphatic heterocycles. The number of hydrogen-bond donors (Lipinski definition) is 2. The largest absolute Gasteiger partial charge is 0.496 e. The van der Waals surface area contributed by atoms with Gasteiger partial charge >= 0.3 is 0 Å². The lowest BCUT2D eigenvalue weighted by atomic mass is 9.96. The SMILES string of the molecule is COc1ccc(C(C)C)cc1C1CNCCN1. The normalized spacial score (nSPS) is 20.6. The molecule has 2 N–H and O–H groups in total. The van der Waals surface area contributed by atoms with E-state index in [1.54, 1.807) is 7.11 Å². The molecule has 0 aliphatic carbocycles. The Morgan fingerprint density at radius 2 is 2.12 bits per heavy atom. The Morgan fingerprint density at radius 1 is 1.29 bits per heavy atom. The maximum Gasteiger partial charge on any atom is 0.123 e. The van der Waals surface area contributed by atoms with Crippen LogP contribution in [0, 0.1) is 0 Å². The molecule has 0 radical (unpaired) electrons. The summed E-state index contributed by atoms with van der Waals surface area (Å²) in [6.07, 6.45) is 0. The highest BCUT2D eigenvalue weighted by Crippen LogP contribution is 2.29. The maximum atomic E-state index is 5.47. The predicted molar refractivity (Wildman–Crippen MR) is 70.7 cm³/mol. The molecule has 17 heavy (non-hydrogen) atoms. The highest BCUT2D eigenvalue weighted by molar-refractivity contribution is 5.40. The minimum absolute atomic E-state index is 0.359. The van der Waals surface area contributed by atoms with Gasteiger partial charge in [-0.15, -0.1) is 0 Å². The molecule has 1 fully saturated rings. The van der Waals surface area contributed by atoms with E-state index in [2.05, 4.69) is 42.7 Å². The van der Waals surface area contributed by atoms with E-state index in [1.807, 2.05) is 0 Å². The molecule has 1 aromatic carbocycles. The number of benzene rings is 1. The van der Waals surface area contributed by atoms with Crippen molar-refractivity contribution < 1.29 is 4.74 Å². The van der Waals surface area contributed by atoms with Gasteiger partial charge in [-0.25, -0.2) is 0 Å². The second kappa shape index (κ2) is 5.52. The summed E-state index contributed by atoms with van der Waals surface area (Å²) in [6.45, 7) is 7.47. The Balaban J connectivity index is 2.30. The smallest absolute Gasteiger partial charge is 0.123 e. The third-order valence-corrected chi connectivity index (χ3v) is 3.34. The molecule has 1 heterocycles. The van der Waals surface area contributed by atoms with Crippen molar-refractivity contribution in [3.8, 4) is 5.75 Å². The van der Waals surface area contributed by atoms with Gasteiger partial charge in [0.2, 0.25) is 0 Å². The summed E-state index contributed by atoms with van der Waals surface area (Å²) in [4.78, 5) is 0. The molecule has 1 atom stereocenters. The van der Waals surface area contributed by atoms with Crippen LogP contribution in [0.25, 0.3) is 0 Å². The number of rotatable bonds is 3. The molecule has 3 nitrogen and oxygen atoms in total. The Hall–Kier alpha value is -1.06. The minimum atomic E-state index is 0.359. The molecule has 0 aromatic heterocycles. The van der Waals surface area contributed by atoms with Gasteiger partial charge in [-0.1, -0.05) is 26.0 Å². The van der Waals surface area contributed by atoms with Crippen LogP contribution in [0.1, 0.15) is 36.9 Å². The van der Waals surface area contributed by atoms with Crippen LogP contribution in [-0.2, 0) is 0 Å². The second-order valence-electron chi connectivity index (χ2n) is 4.87. The quantitative estimate of drug-likeness (QED) is 0.840. The van der Waals surface area contributed by atoms with Crippen molar-refractivity contribution in [3.05, 3.63) is 29.3 Å². The number of piperazine rings is 1. The topological polar surface area (TPSA) is 33.3 Å². The molecule has 0 amide bonds. The summed E-state index contributed by atoms with van der Waals surface area (Å²) in [5, 5.41) is 6.95. The van der Waals surface area contributed by atoms with Gasteiger partial charge in [0.1, 0.15) is 5.75 Å². The third-order valence-electron chi connectivity index (χ3n) is 3.34. The molecule has 0 bridgehead atoms. The zero-order valence-corrected chi connectivity index (χ0v) is 10.9. The van der Waals surface area contributed by atoms with Crippen LogP contribution in [0.5, 0.6) is 5.75 Å². The molecular formula is C14H22N2O. The summed E-state index contributed by atoms with van der Waals surface area (Å²) in [5.41, 5.74) is 2.64. The number of nitrogens with one attached hydrogen (secondary N) is 2. The van der Waals surface area contributed by atoms with Crippen molar-refractivity contribution in [3.63, 3.8) is 0 Å². The van der Waals surface area contributed by atoms with Crippen LogP contribution in [0.2, 0.25) is 0 Å². The Morgan fingerprint density at radius 3 is 2.71 bits per heavy atom. The van der Waals surface area contributed by atoms with Crippen LogP contribution in [0.4, 0.5) is 0 Å². The molecule has 1 aromatic rings. The summed E-state index contributed by atoms with van der Waals surface area (Å²) < 4.78 is 5.47. The minimum Gasteiger partial charge on any atom is -0.496 e. The van der Waals surface area contributed by atoms with Crippen molar-refractivity contribution >= 4 is 0 Å². The molecule has 2 rings (SSSR count). The highest BCUT2D eigenvalue weighted by Gasteiger charge is 2.19. The number of ether oxygens (including phenoxy) is 1. The first-order valence-corrected chi connectivity index (χ1v) is 6.34. The van der Waals surface area contributed by atoms with E-state index < -0.39 is 0 Å². The van der Waals surface area contributed by atoms with Crippen molar-refractivity contribution in [1.29, 1.82) is 0 Å². The summed E-state index contributed by atoms with van der Waals surface area (Å²) >= 11 is 0.